The van der Waals surface area contributed by atoms with Crippen molar-refractivity contribution in [3.05, 3.63) is 54.6 Å². The molecule has 6 nitrogen and oxygen atoms in total. The Labute approximate surface area is 159 Å². The molecule has 2 aromatic rings. The standard InChI is InChI=1S/C21H25N3O3/c22-16-9-11-19(12-10-16)24(18-7-2-1-3-8-18)21(27)20(26)23-14-5-4-6-17(23)13-15-25/h1-3,7-12,17,25H,4-6,13-15,22H2. The third kappa shape index (κ3) is 4.28. The molecule has 27 heavy (non-hydrogen) atoms. The topological polar surface area (TPSA) is 86.9 Å². The molecule has 1 aliphatic rings. The number of carbonyl (C=O) groups is 2. The van der Waals surface area contributed by atoms with Gasteiger partial charge in [-0.3, -0.25) is 14.5 Å². The fourth-order valence-electron chi connectivity index (χ4n) is 3.52. The average molecular weight is 367 g/mol. The van der Waals surface area contributed by atoms with E-state index in [1.54, 1.807) is 41.3 Å². The quantitative estimate of drug-likeness (QED) is 0.642. The molecule has 1 fully saturated rings. The molecule has 0 aromatic heterocycles. The van der Waals surface area contributed by atoms with Crippen molar-refractivity contribution in [2.24, 2.45) is 0 Å². The number of aliphatic hydroxyl groups excluding tert-OH is 1. The van der Waals surface area contributed by atoms with Crippen LogP contribution >= 0.6 is 0 Å². The molecule has 0 saturated carbocycles. The van der Waals surface area contributed by atoms with E-state index in [-0.39, 0.29) is 12.6 Å². The zero-order valence-corrected chi connectivity index (χ0v) is 15.3. The molecule has 3 N–H and O–H groups in total. The Morgan fingerprint density at radius 2 is 1.70 bits per heavy atom. The lowest BCUT2D eigenvalue weighted by Gasteiger charge is -2.36. The predicted octanol–water partition coefficient (Wildman–Crippen LogP) is 2.70. The molecular weight excluding hydrogens is 342 g/mol. The summed E-state index contributed by atoms with van der Waals surface area (Å²) < 4.78 is 0. The molecule has 1 heterocycles. The summed E-state index contributed by atoms with van der Waals surface area (Å²) in [6.45, 7) is 0.544. The first-order chi connectivity index (χ1) is 13.1. The molecule has 0 aliphatic carbocycles. The number of nitrogens with zero attached hydrogens (tertiary/aromatic N) is 2. The van der Waals surface area contributed by atoms with Crippen molar-refractivity contribution in [3.8, 4) is 0 Å². The minimum atomic E-state index is -0.601. The molecule has 0 radical (unpaired) electrons. The Balaban J connectivity index is 1.92. The molecule has 1 aliphatic heterocycles. The number of aliphatic hydroxyl groups is 1. The van der Waals surface area contributed by atoms with E-state index < -0.39 is 11.8 Å². The van der Waals surface area contributed by atoms with Crippen molar-refractivity contribution < 1.29 is 14.7 Å². The van der Waals surface area contributed by atoms with Gasteiger partial charge in [-0.05, 0) is 62.1 Å². The number of nitrogen functional groups attached to an aromatic ring is 1. The van der Waals surface area contributed by atoms with Gasteiger partial charge in [0.05, 0.1) is 0 Å². The smallest absolute Gasteiger partial charge is 0.321 e. The van der Waals surface area contributed by atoms with E-state index in [1.807, 2.05) is 18.2 Å². The molecule has 1 saturated heterocycles. The molecule has 1 atom stereocenters. The molecule has 0 bridgehead atoms. The lowest BCUT2D eigenvalue weighted by atomic mass is 9.99. The number of benzene rings is 2. The van der Waals surface area contributed by atoms with E-state index >= 15 is 0 Å². The maximum atomic E-state index is 13.2. The van der Waals surface area contributed by atoms with Crippen LogP contribution in [0.2, 0.25) is 0 Å². The summed E-state index contributed by atoms with van der Waals surface area (Å²) >= 11 is 0. The van der Waals surface area contributed by atoms with Crippen LogP contribution in [0.15, 0.2) is 54.6 Å². The highest BCUT2D eigenvalue weighted by Gasteiger charge is 2.34. The number of rotatable bonds is 4. The maximum absolute atomic E-state index is 13.2. The molecule has 142 valence electrons. The van der Waals surface area contributed by atoms with Crippen molar-refractivity contribution in [2.75, 3.05) is 23.8 Å². The van der Waals surface area contributed by atoms with Gasteiger partial charge in [0.1, 0.15) is 0 Å². The Bertz CT molecular complexity index is 775. The van der Waals surface area contributed by atoms with Gasteiger partial charge in [0.15, 0.2) is 0 Å². The second-order valence-electron chi connectivity index (χ2n) is 6.73. The van der Waals surface area contributed by atoms with Crippen LogP contribution < -0.4 is 10.6 Å². The summed E-state index contributed by atoms with van der Waals surface area (Å²) in [6.07, 6.45) is 3.18. The lowest BCUT2D eigenvalue weighted by Crippen LogP contribution is -2.50. The van der Waals surface area contributed by atoms with Crippen LogP contribution in [0.5, 0.6) is 0 Å². The van der Waals surface area contributed by atoms with Gasteiger partial charge in [0, 0.05) is 36.3 Å². The first-order valence-corrected chi connectivity index (χ1v) is 9.28. The summed E-state index contributed by atoms with van der Waals surface area (Å²) in [4.78, 5) is 29.3. The minimum absolute atomic E-state index is 0.00298. The Kier molecular flexibility index (Phi) is 6.08. The normalized spacial score (nSPS) is 16.8. The summed E-state index contributed by atoms with van der Waals surface area (Å²) in [5, 5.41) is 9.30. The van der Waals surface area contributed by atoms with Crippen molar-refractivity contribution in [3.63, 3.8) is 0 Å². The third-order valence-electron chi connectivity index (χ3n) is 4.90. The van der Waals surface area contributed by atoms with E-state index in [4.69, 9.17) is 5.73 Å². The van der Waals surface area contributed by atoms with Crippen LogP contribution in [0.1, 0.15) is 25.7 Å². The Morgan fingerprint density at radius 1 is 1.04 bits per heavy atom. The van der Waals surface area contributed by atoms with Gasteiger partial charge < -0.3 is 15.7 Å². The zero-order valence-electron chi connectivity index (χ0n) is 15.3. The summed E-state index contributed by atoms with van der Waals surface area (Å²) in [7, 11) is 0. The molecule has 1 unspecified atom stereocenters. The number of hydrogen-bond acceptors (Lipinski definition) is 4. The summed E-state index contributed by atoms with van der Waals surface area (Å²) in [5.74, 6) is -1.13. The monoisotopic (exact) mass is 367 g/mol. The SMILES string of the molecule is Nc1ccc(N(C(=O)C(=O)N2CCCCC2CCO)c2ccccc2)cc1. The molecular formula is C21H25N3O3. The third-order valence-corrected chi connectivity index (χ3v) is 4.90. The van der Waals surface area contributed by atoms with Gasteiger partial charge >= 0.3 is 11.8 Å². The number of hydrogen-bond donors (Lipinski definition) is 2. The lowest BCUT2D eigenvalue weighted by molar-refractivity contribution is -0.146. The van der Waals surface area contributed by atoms with Crippen LogP contribution in [-0.4, -0.2) is 41.0 Å². The van der Waals surface area contributed by atoms with Gasteiger partial charge in [-0.2, -0.15) is 0 Å². The summed E-state index contributed by atoms with van der Waals surface area (Å²) in [5.41, 5.74) is 7.56. The van der Waals surface area contributed by atoms with Crippen molar-refractivity contribution in [2.45, 2.75) is 31.7 Å². The van der Waals surface area contributed by atoms with Gasteiger partial charge in [-0.15, -0.1) is 0 Å². The molecule has 6 heteroatoms. The predicted molar refractivity (Wildman–Crippen MR) is 105 cm³/mol. The number of nitrogens with two attached hydrogens (primary N) is 1. The van der Waals surface area contributed by atoms with E-state index in [0.29, 0.717) is 30.0 Å². The van der Waals surface area contributed by atoms with Crippen molar-refractivity contribution in [1.29, 1.82) is 0 Å². The highest BCUT2D eigenvalue weighted by Crippen LogP contribution is 2.28. The fraction of sp³-hybridized carbons (Fsp3) is 0.333. The maximum Gasteiger partial charge on any atom is 0.321 e. The zero-order chi connectivity index (χ0) is 19.2. The van der Waals surface area contributed by atoms with Crippen LogP contribution in [0.4, 0.5) is 17.1 Å². The van der Waals surface area contributed by atoms with Gasteiger partial charge in [-0.25, -0.2) is 0 Å². The number of carbonyl (C=O) groups excluding carboxylic acids is 2. The van der Waals surface area contributed by atoms with Crippen LogP contribution in [0.25, 0.3) is 0 Å². The highest BCUT2D eigenvalue weighted by molar-refractivity contribution is 6.42. The second kappa shape index (κ2) is 8.68. The molecule has 2 aromatic carbocycles. The number of piperidine rings is 1. The highest BCUT2D eigenvalue weighted by atomic mass is 16.3. The first-order valence-electron chi connectivity index (χ1n) is 9.28. The summed E-state index contributed by atoms with van der Waals surface area (Å²) in [6, 6.07) is 15.9. The van der Waals surface area contributed by atoms with E-state index in [2.05, 4.69) is 0 Å². The van der Waals surface area contributed by atoms with Gasteiger partial charge in [0.2, 0.25) is 0 Å². The van der Waals surface area contributed by atoms with Crippen molar-refractivity contribution >= 4 is 28.9 Å². The molecule has 2 amide bonds. The van der Waals surface area contributed by atoms with Crippen LogP contribution in [0, 0.1) is 0 Å². The Hall–Kier alpha value is -2.86. The number of anilines is 3. The second-order valence-corrected chi connectivity index (χ2v) is 6.73. The Morgan fingerprint density at radius 3 is 2.37 bits per heavy atom. The average Bonchev–Trinajstić information content (AvgIpc) is 2.70. The van der Waals surface area contributed by atoms with E-state index in [0.717, 1.165) is 19.3 Å². The van der Waals surface area contributed by atoms with Gasteiger partial charge in [-0.1, -0.05) is 18.2 Å². The van der Waals surface area contributed by atoms with E-state index in [9.17, 15) is 14.7 Å². The number of amides is 2. The van der Waals surface area contributed by atoms with Crippen molar-refractivity contribution in [1.82, 2.24) is 4.90 Å². The molecule has 3 rings (SSSR count). The van der Waals surface area contributed by atoms with E-state index in [1.165, 1.54) is 4.90 Å². The number of likely N-dealkylation sites (tertiary alicyclic amines) is 1. The van der Waals surface area contributed by atoms with Crippen LogP contribution in [0.3, 0.4) is 0 Å². The molecule has 0 spiro atoms. The van der Waals surface area contributed by atoms with Crippen LogP contribution in [-0.2, 0) is 9.59 Å². The van der Waals surface area contributed by atoms with Gasteiger partial charge in [0.25, 0.3) is 0 Å². The first kappa shape index (κ1) is 18.9. The fourth-order valence-corrected chi connectivity index (χ4v) is 3.52. The minimum Gasteiger partial charge on any atom is -0.399 e. The number of para-hydroxylation sites is 1. The largest absolute Gasteiger partial charge is 0.399 e.